The summed E-state index contributed by atoms with van der Waals surface area (Å²) in [5.74, 6) is -1.01. The van der Waals surface area contributed by atoms with Gasteiger partial charge in [0.25, 0.3) is 0 Å². The number of carboxylic acid groups (broad SMARTS) is 1. The molecule has 0 aliphatic rings. The predicted molar refractivity (Wildman–Crippen MR) is 44.6 cm³/mol. The monoisotopic (exact) mass is 185 g/mol. The van der Waals surface area contributed by atoms with Gasteiger partial charge in [0.2, 0.25) is 0 Å². The van der Waals surface area contributed by atoms with Crippen LogP contribution in [0, 0.1) is 0 Å². The van der Waals surface area contributed by atoms with Crippen LogP contribution in [-0.4, -0.2) is 29.8 Å². The minimum Gasteiger partial charge on any atom is -0.478 e. The summed E-state index contributed by atoms with van der Waals surface area (Å²) in [6.07, 6.45) is 0.323. The van der Waals surface area contributed by atoms with Crippen LogP contribution in [0.1, 0.15) is 22.2 Å². The number of hydrogen-bond donors (Lipinski definition) is 3. The van der Waals surface area contributed by atoms with E-state index >= 15 is 0 Å². The third-order valence-corrected chi connectivity index (χ3v) is 1.63. The van der Waals surface area contributed by atoms with Crippen molar-refractivity contribution in [3.63, 3.8) is 0 Å². The molecule has 1 aromatic heterocycles. The quantitative estimate of drug-likeness (QED) is 0.625. The molecule has 0 fully saturated rings. The first-order valence-electron chi connectivity index (χ1n) is 3.80. The molecule has 0 spiro atoms. The van der Waals surface area contributed by atoms with Gasteiger partial charge in [0.15, 0.2) is 0 Å². The standard InChI is InChI=1S/C8H11NO4/c1-9-4-6(10)7-5(8(11)12)2-3-13-7/h2-3,6,9-10H,4H2,1H3,(H,11,12). The molecule has 1 rings (SSSR count). The van der Waals surface area contributed by atoms with Crippen molar-refractivity contribution >= 4 is 5.97 Å². The van der Waals surface area contributed by atoms with Gasteiger partial charge in [0.1, 0.15) is 17.4 Å². The normalized spacial score (nSPS) is 12.8. The van der Waals surface area contributed by atoms with Gasteiger partial charge in [-0.25, -0.2) is 4.79 Å². The SMILES string of the molecule is CNCC(O)c1occc1C(=O)O. The zero-order valence-electron chi connectivity index (χ0n) is 7.15. The number of carboxylic acids is 1. The molecule has 0 aliphatic heterocycles. The fourth-order valence-electron chi connectivity index (χ4n) is 1.04. The first kappa shape index (κ1) is 9.76. The van der Waals surface area contributed by atoms with E-state index in [0.29, 0.717) is 0 Å². The summed E-state index contributed by atoms with van der Waals surface area (Å²) in [6, 6.07) is 1.32. The van der Waals surface area contributed by atoms with E-state index in [2.05, 4.69) is 5.32 Å². The summed E-state index contributed by atoms with van der Waals surface area (Å²) in [6.45, 7) is 0.258. The molecule has 0 aromatic carbocycles. The molecule has 5 nitrogen and oxygen atoms in total. The van der Waals surface area contributed by atoms with E-state index < -0.39 is 12.1 Å². The Morgan fingerprint density at radius 3 is 3.00 bits per heavy atom. The minimum atomic E-state index is -1.10. The maximum atomic E-state index is 10.6. The average molecular weight is 185 g/mol. The smallest absolute Gasteiger partial charge is 0.339 e. The van der Waals surface area contributed by atoms with Crippen LogP contribution in [-0.2, 0) is 0 Å². The number of nitrogens with one attached hydrogen (secondary N) is 1. The van der Waals surface area contributed by atoms with Crippen LogP contribution in [0.2, 0.25) is 0 Å². The number of rotatable bonds is 4. The fraction of sp³-hybridized carbons (Fsp3) is 0.375. The number of aliphatic hydroxyl groups excluding tert-OH is 1. The van der Waals surface area contributed by atoms with Crippen molar-refractivity contribution < 1.29 is 19.4 Å². The minimum absolute atomic E-state index is 0.00255. The molecule has 1 atom stereocenters. The molecule has 72 valence electrons. The highest BCUT2D eigenvalue weighted by Crippen LogP contribution is 2.18. The molecule has 1 aromatic rings. The van der Waals surface area contributed by atoms with Crippen LogP contribution < -0.4 is 5.32 Å². The first-order chi connectivity index (χ1) is 6.16. The van der Waals surface area contributed by atoms with E-state index in [9.17, 15) is 9.90 Å². The zero-order valence-corrected chi connectivity index (χ0v) is 7.15. The van der Waals surface area contributed by atoms with Gasteiger partial charge in [-0.3, -0.25) is 0 Å². The molecule has 0 aliphatic carbocycles. The molecular formula is C8H11NO4. The van der Waals surface area contributed by atoms with E-state index in [1.165, 1.54) is 12.3 Å². The molecule has 0 saturated heterocycles. The molecule has 0 saturated carbocycles. The molecule has 5 heteroatoms. The summed E-state index contributed by atoms with van der Waals surface area (Å²) >= 11 is 0. The van der Waals surface area contributed by atoms with E-state index in [4.69, 9.17) is 9.52 Å². The van der Waals surface area contributed by atoms with Crippen LogP contribution in [0.15, 0.2) is 16.7 Å². The van der Waals surface area contributed by atoms with Crippen molar-refractivity contribution in [2.24, 2.45) is 0 Å². The molecule has 0 bridgehead atoms. The maximum absolute atomic E-state index is 10.6. The predicted octanol–water partition coefficient (Wildman–Crippen LogP) is 0.231. The van der Waals surface area contributed by atoms with Crippen LogP contribution in [0.5, 0.6) is 0 Å². The second-order valence-corrected chi connectivity index (χ2v) is 2.58. The van der Waals surface area contributed by atoms with Crippen LogP contribution in [0.3, 0.4) is 0 Å². The van der Waals surface area contributed by atoms with Crippen LogP contribution in [0.4, 0.5) is 0 Å². The number of hydrogen-bond acceptors (Lipinski definition) is 4. The third-order valence-electron chi connectivity index (χ3n) is 1.63. The van der Waals surface area contributed by atoms with Gasteiger partial charge in [-0.1, -0.05) is 0 Å². The van der Waals surface area contributed by atoms with E-state index in [0.717, 1.165) is 0 Å². The van der Waals surface area contributed by atoms with E-state index in [1.54, 1.807) is 7.05 Å². The highest BCUT2D eigenvalue weighted by Gasteiger charge is 2.19. The van der Waals surface area contributed by atoms with Crippen molar-refractivity contribution in [1.82, 2.24) is 5.32 Å². The van der Waals surface area contributed by atoms with Crippen LogP contribution in [0.25, 0.3) is 0 Å². The van der Waals surface area contributed by atoms with Crippen molar-refractivity contribution in [2.75, 3.05) is 13.6 Å². The molecule has 1 unspecified atom stereocenters. The lowest BCUT2D eigenvalue weighted by Gasteiger charge is -2.07. The topological polar surface area (TPSA) is 82.7 Å². The highest BCUT2D eigenvalue weighted by molar-refractivity contribution is 5.88. The van der Waals surface area contributed by atoms with Gasteiger partial charge < -0.3 is 19.9 Å². The largest absolute Gasteiger partial charge is 0.478 e. The van der Waals surface area contributed by atoms with Crippen LogP contribution >= 0.6 is 0 Å². The number of aliphatic hydroxyl groups is 1. The van der Waals surface area contributed by atoms with Crippen molar-refractivity contribution in [1.29, 1.82) is 0 Å². The second kappa shape index (κ2) is 4.06. The number of likely N-dealkylation sites (N-methyl/N-ethyl adjacent to an activating group) is 1. The number of aromatic carboxylic acids is 1. The Hall–Kier alpha value is -1.33. The Morgan fingerprint density at radius 2 is 2.46 bits per heavy atom. The first-order valence-corrected chi connectivity index (χ1v) is 3.80. The maximum Gasteiger partial charge on any atom is 0.339 e. The lowest BCUT2D eigenvalue weighted by Crippen LogP contribution is -2.18. The summed E-state index contributed by atoms with van der Waals surface area (Å²) < 4.78 is 4.87. The van der Waals surface area contributed by atoms with E-state index in [-0.39, 0.29) is 17.9 Å². The number of furan rings is 1. The lowest BCUT2D eigenvalue weighted by atomic mass is 10.2. The van der Waals surface area contributed by atoms with Crippen molar-refractivity contribution in [2.45, 2.75) is 6.10 Å². The number of carbonyl (C=O) groups is 1. The van der Waals surface area contributed by atoms with Crippen molar-refractivity contribution in [3.05, 3.63) is 23.7 Å². The van der Waals surface area contributed by atoms with Gasteiger partial charge in [-0.2, -0.15) is 0 Å². The Bertz CT molecular complexity index is 294. The molecule has 0 amide bonds. The van der Waals surface area contributed by atoms with Gasteiger partial charge in [-0.15, -0.1) is 0 Å². The summed E-state index contributed by atoms with van der Waals surface area (Å²) in [7, 11) is 1.66. The second-order valence-electron chi connectivity index (χ2n) is 2.58. The summed E-state index contributed by atoms with van der Waals surface area (Å²) in [4.78, 5) is 10.6. The Kier molecular flexibility index (Phi) is 3.05. The highest BCUT2D eigenvalue weighted by atomic mass is 16.4. The van der Waals surface area contributed by atoms with Gasteiger partial charge in [0.05, 0.1) is 6.26 Å². The summed E-state index contributed by atoms with van der Waals surface area (Å²) in [5, 5.41) is 20.8. The van der Waals surface area contributed by atoms with Gasteiger partial charge in [0, 0.05) is 6.54 Å². The Balaban J connectivity index is 2.86. The Morgan fingerprint density at radius 1 is 1.77 bits per heavy atom. The lowest BCUT2D eigenvalue weighted by molar-refractivity contribution is 0.0683. The fourth-order valence-corrected chi connectivity index (χ4v) is 1.04. The molecule has 13 heavy (non-hydrogen) atoms. The van der Waals surface area contributed by atoms with Gasteiger partial charge >= 0.3 is 5.97 Å². The van der Waals surface area contributed by atoms with E-state index in [1.807, 2.05) is 0 Å². The molecular weight excluding hydrogens is 174 g/mol. The Labute approximate surface area is 75.0 Å². The average Bonchev–Trinajstić information content (AvgIpc) is 2.52. The molecule has 3 N–H and O–H groups in total. The summed E-state index contributed by atoms with van der Waals surface area (Å²) in [5.41, 5.74) is 0.00255. The van der Waals surface area contributed by atoms with Gasteiger partial charge in [-0.05, 0) is 13.1 Å². The molecule has 1 heterocycles. The van der Waals surface area contributed by atoms with Crippen molar-refractivity contribution in [3.8, 4) is 0 Å². The zero-order chi connectivity index (χ0) is 9.84. The molecule has 0 radical (unpaired) electrons. The third kappa shape index (κ3) is 2.07.